The molecule has 0 aliphatic rings. The Bertz CT molecular complexity index is 1390. The molecule has 0 unspecified atom stereocenters. The molecule has 1 amide bonds. The molecule has 2 heterocycles. The van der Waals surface area contributed by atoms with E-state index in [2.05, 4.69) is 15.4 Å². The highest BCUT2D eigenvalue weighted by atomic mass is 16.5. The maximum absolute atomic E-state index is 12.6. The Labute approximate surface area is 188 Å². The Morgan fingerprint density at radius 3 is 2.61 bits per heavy atom. The van der Waals surface area contributed by atoms with Crippen molar-refractivity contribution < 1.29 is 20.1 Å². The second-order valence-corrected chi connectivity index (χ2v) is 7.26. The number of pyridine rings is 1. The SMILES string of the molecule is Cc1ccc(C#N)c(NC(=O)c2ccn(-c3cccc(-c4ccc(C(O)O)c(O)c4)c3)n2)n1. The molecule has 2 aromatic heterocycles. The number of hydrogen-bond donors (Lipinski definition) is 4. The lowest BCUT2D eigenvalue weighted by Crippen LogP contribution is -2.15. The van der Waals surface area contributed by atoms with E-state index in [0.717, 1.165) is 5.56 Å². The number of phenols is 1. The van der Waals surface area contributed by atoms with Gasteiger partial charge in [0, 0.05) is 17.5 Å². The van der Waals surface area contributed by atoms with Gasteiger partial charge in [0.25, 0.3) is 5.91 Å². The van der Waals surface area contributed by atoms with Gasteiger partial charge in [-0.1, -0.05) is 18.2 Å². The Hall–Kier alpha value is -4.52. The number of anilines is 1. The van der Waals surface area contributed by atoms with Crippen LogP contribution in [-0.2, 0) is 0 Å². The summed E-state index contributed by atoms with van der Waals surface area (Å²) in [7, 11) is 0. The molecule has 0 saturated heterocycles. The van der Waals surface area contributed by atoms with Crippen LogP contribution >= 0.6 is 0 Å². The highest BCUT2D eigenvalue weighted by Gasteiger charge is 2.15. The molecular weight excluding hydrogens is 422 g/mol. The molecule has 9 heteroatoms. The van der Waals surface area contributed by atoms with Crippen LogP contribution in [0.2, 0.25) is 0 Å². The molecule has 0 radical (unpaired) electrons. The number of rotatable bonds is 5. The second-order valence-electron chi connectivity index (χ2n) is 7.26. The van der Waals surface area contributed by atoms with Crippen molar-refractivity contribution in [2.75, 3.05) is 5.32 Å². The van der Waals surface area contributed by atoms with Crippen molar-refractivity contribution in [3.8, 4) is 28.6 Å². The average molecular weight is 441 g/mol. The fraction of sp³-hybridized carbons (Fsp3) is 0.0833. The highest BCUT2D eigenvalue weighted by molar-refractivity contribution is 6.02. The summed E-state index contributed by atoms with van der Waals surface area (Å²) >= 11 is 0. The number of amides is 1. The minimum atomic E-state index is -1.77. The number of nitrogens with one attached hydrogen (secondary N) is 1. The van der Waals surface area contributed by atoms with E-state index in [1.807, 2.05) is 18.2 Å². The molecule has 9 nitrogen and oxygen atoms in total. The van der Waals surface area contributed by atoms with Gasteiger partial charge in [-0.2, -0.15) is 10.4 Å². The van der Waals surface area contributed by atoms with Crippen molar-refractivity contribution in [2.24, 2.45) is 0 Å². The zero-order chi connectivity index (χ0) is 23.5. The number of hydrogen-bond acceptors (Lipinski definition) is 7. The second kappa shape index (κ2) is 8.92. The fourth-order valence-electron chi connectivity index (χ4n) is 3.27. The van der Waals surface area contributed by atoms with E-state index in [-0.39, 0.29) is 28.4 Å². The number of aliphatic hydroxyl groups is 2. The number of benzene rings is 2. The summed E-state index contributed by atoms with van der Waals surface area (Å²) in [6, 6.07) is 18.6. The van der Waals surface area contributed by atoms with E-state index >= 15 is 0 Å². The number of aromatic nitrogens is 3. The van der Waals surface area contributed by atoms with E-state index in [1.165, 1.54) is 16.8 Å². The van der Waals surface area contributed by atoms with Crippen molar-refractivity contribution >= 4 is 11.7 Å². The zero-order valence-electron chi connectivity index (χ0n) is 17.5. The van der Waals surface area contributed by atoms with E-state index < -0.39 is 12.2 Å². The van der Waals surface area contributed by atoms with Crippen LogP contribution < -0.4 is 5.32 Å². The van der Waals surface area contributed by atoms with E-state index in [1.54, 1.807) is 49.5 Å². The normalized spacial score (nSPS) is 10.8. The number of aromatic hydroxyl groups is 1. The molecule has 4 aromatic rings. The maximum atomic E-state index is 12.6. The third-order valence-corrected chi connectivity index (χ3v) is 4.96. The lowest BCUT2D eigenvalue weighted by molar-refractivity contribution is -0.0438. The predicted molar refractivity (Wildman–Crippen MR) is 119 cm³/mol. The van der Waals surface area contributed by atoms with E-state index in [0.29, 0.717) is 16.9 Å². The Morgan fingerprint density at radius 2 is 1.88 bits per heavy atom. The van der Waals surface area contributed by atoms with Gasteiger partial charge in [0.15, 0.2) is 17.8 Å². The van der Waals surface area contributed by atoms with Gasteiger partial charge in [0.2, 0.25) is 0 Å². The summed E-state index contributed by atoms with van der Waals surface area (Å²) < 4.78 is 1.53. The first-order valence-electron chi connectivity index (χ1n) is 9.90. The topological polar surface area (TPSA) is 144 Å². The van der Waals surface area contributed by atoms with Crippen LogP contribution in [0.1, 0.15) is 33.6 Å². The largest absolute Gasteiger partial charge is 0.507 e. The first-order valence-corrected chi connectivity index (χ1v) is 9.90. The quantitative estimate of drug-likeness (QED) is 0.348. The van der Waals surface area contributed by atoms with Crippen LogP contribution in [0.25, 0.3) is 16.8 Å². The van der Waals surface area contributed by atoms with Crippen LogP contribution in [0.15, 0.2) is 66.9 Å². The lowest BCUT2D eigenvalue weighted by atomic mass is 10.0. The van der Waals surface area contributed by atoms with Crippen LogP contribution in [-0.4, -0.2) is 36.0 Å². The molecule has 0 spiro atoms. The smallest absolute Gasteiger partial charge is 0.277 e. The van der Waals surface area contributed by atoms with Gasteiger partial charge < -0.3 is 20.6 Å². The summed E-state index contributed by atoms with van der Waals surface area (Å²) in [6.45, 7) is 1.76. The molecular formula is C24H19N5O4. The van der Waals surface area contributed by atoms with Crippen molar-refractivity contribution in [2.45, 2.75) is 13.2 Å². The van der Waals surface area contributed by atoms with Gasteiger partial charge in [-0.3, -0.25) is 4.79 Å². The number of nitrogens with zero attached hydrogens (tertiary/aromatic N) is 4. The van der Waals surface area contributed by atoms with Crippen molar-refractivity contribution in [1.29, 1.82) is 5.26 Å². The molecule has 0 aliphatic heterocycles. The fourth-order valence-corrected chi connectivity index (χ4v) is 3.27. The molecule has 2 aromatic carbocycles. The van der Waals surface area contributed by atoms with Crippen molar-refractivity contribution in [3.63, 3.8) is 0 Å². The van der Waals surface area contributed by atoms with Crippen LogP contribution in [0.4, 0.5) is 5.82 Å². The predicted octanol–water partition coefficient (Wildman–Crippen LogP) is 3.06. The Balaban J connectivity index is 1.58. The molecule has 0 saturated carbocycles. The molecule has 0 fully saturated rings. The molecule has 4 rings (SSSR count). The molecule has 0 aliphatic carbocycles. The molecule has 4 N–H and O–H groups in total. The third-order valence-electron chi connectivity index (χ3n) is 4.96. The van der Waals surface area contributed by atoms with Gasteiger partial charge >= 0.3 is 0 Å². The Morgan fingerprint density at radius 1 is 1.09 bits per heavy atom. The molecule has 0 bridgehead atoms. The Kier molecular flexibility index (Phi) is 5.87. The first kappa shape index (κ1) is 21.7. The third kappa shape index (κ3) is 4.57. The zero-order valence-corrected chi connectivity index (χ0v) is 17.5. The monoisotopic (exact) mass is 441 g/mol. The van der Waals surface area contributed by atoms with Crippen molar-refractivity contribution in [1.82, 2.24) is 14.8 Å². The molecule has 0 atom stereocenters. The number of phenolic OH excluding ortho intramolecular Hbond substituents is 1. The first-order chi connectivity index (χ1) is 15.9. The number of aryl methyl sites for hydroxylation is 1. The number of carbonyl (C=O) groups is 1. The van der Waals surface area contributed by atoms with Crippen LogP contribution in [0.3, 0.4) is 0 Å². The number of carbonyl (C=O) groups excluding carboxylic acids is 1. The van der Waals surface area contributed by atoms with Crippen LogP contribution in [0, 0.1) is 18.3 Å². The molecule has 164 valence electrons. The van der Waals surface area contributed by atoms with Crippen LogP contribution in [0.5, 0.6) is 5.75 Å². The molecule has 33 heavy (non-hydrogen) atoms. The number of aliphatic hydroxyl groups excluding tert-OH is 1. The van der Waals surface area contributed by atoms with Crippen molar-refractivity contribution in [3.05, 3.63) is 89.4 Å². The van der Waals surface area contributed by atoms with Gasteiger partial charge in [-0.25, -0.2) is 9.67 Å². The average Bonchev–Trinajstić information content (AvgIpc) is 3.30. The van der Waals surface area contributed by atoms with Gasteiger partial charge in [-0.05, 0) is 60.5 Å². The summed E-state index contributed by atoms with van der Waals surface area (Å²) in [5, 5.41) is 44.8. The van der Waals surface area contributed by atoms with E-state index in [4.69, 9.17) is 0 Å². The van der Waals surface area contributed by atoms with Gasteiger partial charge in [-0.15, -0.1) is 0 Å². The number of nitriles is 1. The van der Waals surface area contributed by atoms with E-state index in [9.17, 15) is 25.4 Å². The van der Waals surface area contributed by atoms with Gasteiger partial charge in [0.05, 0.1) is 11.3 Å². The summed E-state index contributed by atoms with van der Waals surface area (Å²) in [4.78, 5) is 16.8. The summed E-state index contributed by atoms with van der Waals surface area (Å²) in [5.41, 5.74) is 3.17. The highest BCUT2D eigenvalue weighted by Crippen LogP contribution is 2.30. The maximum Gasteiger partial charge on any atom is 0.277 e. The summed E-state index contributed by atoms with van der Waals surface area (Å²) in [5.74, 6) is -0.551. The lowest BCUT2D eigenvalue weighted by Gasteiger charge is -2.10. The minimum absolute atomic E-state index is 0.0142. The summed E-state index contributed by atoms with van der Waals surface area (Å²) in [6.07, 6.45) is -0.135. The van der Waals surface area contributed by atoms with Gasteiger partial charge in [0.1, 0.15) is 11.8 Å². The minimum Gasteiger partial charge on any atom is -0.507 e. The standard InChI is InChI=1S/C24H19N5O4/c1-14-5-6-17(13-25)22(26-14)27-23(31)20-9-10-29(28-20)18-4-2-3-15(11-18)16-7-8-19(24(32)33)21(30)12-16/h2-12,24,30,32-33H,1H3,(H,26,27,31).